The zero-order valence-electron chi connectivity index (χ0n) is 20.3. The number of thioether (sulfide) groups is 1. The van der Waals surface area contributed by atoms with E-state index in [-0.39, 0.29) is 25.2 Å². The molecule has 2 aromatic carbocycles. The molecule has 37 heavy (non-hydrogen) atoms. The molecule has 0 N–H and O–H groups in total. The van der Waals surface area contributed by atoms with Gasteiger partial charge in [0.05, 0.1) is 31.3 Å². The van der Waals surface area contributed by atoms with Crippen LogP contribution in [0.5, 0.6) is 23.0 Å². The summed E-state index contributed by atoms with van der Waals surface area (Å²) in [5, 5.41) is 0. The predicted octanol–water partition coefficient (Wildman–Crippen LogP) is 3.45. The maximum Gasteiger partial charge on any atom is 0.266 e. The van der Waals surface area contributed by atoms with Crippen molar-refractivity contribution in [2.45, 2.75) is 13.5 Å². The highest BCUT2D eigenvalue weighted by Crippen LogP contribution is 2.37. The topological polar surface area (TPSA) is 86.8 Å². The van der Waals surface area contributed by atoms with Crippen LogP contribution in [-0.2, 0) is 20.9 Å². The van der Waals surface area contributed by atoms with E-state index < -0.39 is 0 Å². The second-order valence-electron chi connectivity index (χ2n) is 8.38. The molecule has 2 aromatic rings. The Balaban J connectivity index is 1.27. The first kappa shape index (κ1) is 25.4. The molecule has 0 aromatic heterocycles. The average Bonchev–Trinajstić information content (AvgIpc) is 3.48. The number of amides is 2. The van der Waals surface area contributed by atoms with Gasteiger partial charge in [-0.05, 0) is 48.4 Å². The lowest BCUT2D eigenvalue weighted by Crippen LogP contribution is -2.43. The van der Waals surface area contributed by atoms with Gasteiger partial charge in [0, 0.05) is 13.1 Å². The van der Waals surface area contributed by atoms with Crippen LogP contribution >= 0.6 is 24.0 Å². The van der Waals surface area contributed by atoms with E-state index >= 15 is 0 Å². The summed E-state index contributed by atoms with van der Waals surface area (Å²) in [5.41, 5.74) is 1.66. The zero-order valence-corrected chi connectivity index (χ0v) is 21.9. The number of thiocarbonyl (C=S) groups is 1. The van der Waals surface area contributed by atoms with E-state index in [0.29, 0.717) is 71.7 Å². The SMILES string of the molecule is CCOc1cc(/C=C2\SC(=S)N(Cc3ccc4c(c3)OCO4)C2=O)ccc1OCC(=O)N1CCOCC1. The minimum atomic E-state index is -0.165. The van der Waals surface area contributed by atoms with E-state index in [4.69, 9.17) is 35.9 Å². The summed E-state index contributed by atoms with van der Waals surface area (Å²) in [6.45, 7) is 4.94. The summed E-state index contributed by atoms with van der Waals surface area (Å²) in [6.07, 6.45) is 1.78. The molecule has 0 unspecified atom stereocenters. The third-order valence-corrected chi connectivity index (χ3v) is 7.31. The van der Waals surface area contributed by atoms with Crippen LogP contribution in [-0.4, -0.2) is 72.2 Å². The van der Waals surface area contributed by atoms with Crippen molar-refractivity contribution in [3.63, 3.8) is 0 Å². The smallest absolute Gasteiger partial charge is 0.266 e. The second kappa shape index (κ2) is 11.4. The minimum absolute atomic E-state index is 0.0854. The molecule has 3 aliphatic rings. The molecular formula is C26H26N2O7S2. The number of carbonyl (C=O) groups excluding carboxylic acids is 2. The van der Waals surface area contributed by atoms with Crippen LogP contribution in [0.25, 0.3) is 6.08 Å². The molecule has 0 bridgehead atoms. The van der Waals surface area contributed by atoms with Crippen LogP contribution in [0.4, 0.5) is 0 Å². The summed E-state index contributed by atoms with van der Waals surface area (Å²) in [6, 6.07) is 11.0. The fraction of sp³-hybridized carbons (Fsp3) is 0.346. The first-order valence-corrected chi connectivity index (χ1v) is 13.1. The molecular weight excluding hydrogens is 516 g/mol. The van der Waals surface area contributed by atoms with Crippen molar-refractivity contribution in [2.24, 2.45) is 0 Å². The van der Waals surface area contributed by atoms with E-state index in [1.807, 2.05) is 31.2 Å². The molecule has 0 spiro atoms. The largest absolute Gasteiger partial charge is 0.490 e. The van der Waals surface area contributed by atoms with Crippen molar-refractivity contribution in [2.75, 3.05) is 46.3 Å². The maximum atomic E-state index is 13.2. The van der Waals surface area contributed by atoms with E-state index in [1.54, 1.807) is 28.0 Å². The van der Waals surface area contributed by atoms with Crippen molar-refractivity contribution in [3.8, 4) is 23.0 Å². The van der Waals surface area contributed by atoms with Crippen molar-refractivity contribution in [3.05, 3.63) is 52.4 Å². The predicted molar refractivity (Wildman–Crippen MR) is 142 cm³/mol. The molecule has 5 rings (SSSR count). The van der Waals surface area contributed by atoms with Gasteiger partial charge in [-0.15, -0.1) is 0 Å². The Morgan fingerprint density at radius 1 is 1.08 bits per heavy atom. The molecule has 0 atom stereocenters. The van der Waals surface area contributed by atoms with Crippen molar-refractivity contribution < 1.29 is 33.3 Å². The minimum Gasteiger partial charge on any atom is -0.490 e. The normalized spacial score (nSPS) is 18.0. The number of ether oxygens (including phenoxy) is 5. The van der Waals surface area contributed by atoms with Crippen LogP contribution in [0.2, 0.25) is 0 Å². The van der Waals surface area contributed by atoms with Crippen LogP contribution in [0.15, 0.2) is 41.3 Å². The molecule has 194 valence electrons. The maximum absolute atomic E-state index is 13.2. The van der Waals surface area contributed by atoms with Crippen LogP contribution < -0.4 is 18.9 Å². The Morgan fingerprint density at radius 3 is 2.70 bits per heavy atom. The molecule has 3 aliphatic heterocycles. The van der Waals surface area contributed by atoms with Gasteiger partial charge in [-0.1, -0.05) is 36.1 Å². The summed E-state index contributed by atoms with van der Waals surface area (Å²) in [4.78, 5) is 29.4. The van der Waals surface area contributed by atoms with Crippen LogP contribution in [0.3, 0.4) is 0 Å². The van der Waals surface area contributed by atoms with Gasteiger partial charge in [-0.3, -0.25) is 14.5 Å². The Kier molecular flexibility index (Phi) is 7.82. The Bertz CT molecular complexity index is 1240. The highest BCUT2D eigenvalue weighted by molar-refractivity contribution is 8.26. The molecule has 9 nitrogen and oxygen atoms in total. The highest BCUT2D eigenvalue weighted by Gasteiger charge is 2.32. The lowest BCUT2D eigenvalue weighted by atomic mass is 10.1. The standard InChI is InChI=1S/C26H26N2O7S2/c1-2-32-21-11-17(3-5-19(21)33-15-24(29)27-7-9-31-10-8-27)13-23-25(30)28(26(36)37-23)14-18-4-6-20-22(12-18)35-16-34-20/h3-6,11-13H,2,7-10,14-16H2,1H3/b23-13-. The molecule has 2 fully saturated rings. The summed E-state index contributed by atoms with van der Waals surface area (Å²) in [5.74, 6) is 2.06. The Morgan fingerprint density at radius 2 is 1.89 bits per heavy atom. The number of hydrogen-bond acceptors (Lipinski definition) is 9. The van der Waals surface area contributed by atoms with Crippen LogP contribution in [0.1, 0.15) is 18.1 Å². The lowest BCUT2D eigenvalue weighted by Gasteiger charge is -2.26. The highest BCUT2D eigenvalue weighted by atomic mass is 32.2. The Hall–Kier alpha value is -3.28. The lowest BCUT2D eigenvalue weighted by molar-refractivity contribution is -0.137. The number of benzene rings is 2. The molecule has 0 radical (unpaired) electrons. The van der Waals surface area contributed by atoms with Crippen LogP contribution in [0, 0.1) is 0 Å². The zero-order chi connectivity index (χ0) is 25.8. The fourth-order valence-corrected chi connectivity index (χ4v) is 5.31. The van der Waals surface area contributed by atoms with E-state index in [9.17, 15) is 9.59 Å². The quantitative estimate of drug-likeness (QED) is 0.368. The second-order valence-corrected chi connectivity index (χ2v) is 10.1. The van der Waals surface area contributed by atoms with Gasteiger partial charge in [0.25, 0.3) is 11.8 Å². The van der Waals surface area contributed by atoms with Gasteiger partial charge in [0.1, 0.15) is 4.32 Å². The number of rotatable bonds is 8. The first-order chi connectivity index (χ1) is 18.0. The van der Waals surface area contributed by atoms with E-state index in [2.05, 4.69) is 0 Å². The van der Waals surface area contributed by atoms with Gasteiger partial charge in [0.15, 0.2) is 29.6 Å². The third-order valence-electron chi connectivity index (χ3n) is 5.93. The summed E-state index contributed by atoms with van der Waals surface area (Å²) >= 11 is 6.75. The molecule has 11 heteroatoms. The number of nitrogens with zero attached hydrogens (tertiary/aromatic N) is 2. The molecule has 2 amide bonds. The van der Waals surface area contributed by atoms with E-state index in [1.165, 1.54) is 11.8 Å². The number of hydrogen-bond donors (Lipinski definition) is 0. The number of morpholine rings is 1. The number of fused-ring (bicyclic) bond motifs is 1. The molecule has 0 aliphatic carbocycles. The first-order valence-electron chi connectivity index (χ1n) is 11.9. The molecule has 3 heterocycles. The average molecular weight is 543 g/mol. The number of carbonyl (C=O) groups is 2. The monoisotopic (exact) mass is 542 g/mol. The van der Waals surface area contributed by atoms with Gasteiger partial charge >= 0.3 is 0 Å². The van der Waals surface area contributed by atoms with E-state index in [0.717, 1.165) is 11.1 Å². The molecule has 2 saturated heterocycles. The van der Waals surface area contributed by atoms with Crippen molar-refractivity contribution in [1.82, 2.24) is 9.80 Å². The van der Waals surface area contributed by atoms with Gasteiger partial charge < -0.3 is 28.6 Å². The summed E-state index contributed by atoms with van der Waals surface area (Å²) < 4.78 is 28.1. The van der Waals surface area contributed by atoms with Crippen molar-refractivity contribution >= 4 is 46.2 Å². The summed E-state index contributed by atoms with van der Waals surface area (Å²) in [7, 11) is 0. The fourth-order valence-electron chi connectivity index (χ4n) is 4.06. The van der Waals surface area contributed by atoms with Gasteiger partial charge in [0.2, 0.25) is 6.79 Å². The third kappa shape index (κ3) is 5.84. The van der Waals surface area contributed by atoms with Gasteiger partial charge in [-0.2, -0.15) is 0 Å². The van der Waals surface area contributed by atoms with Crippen molar-refractivity contribution in [1.29, 1.82) is 0 Å². The molecule has 0 saturated carbocycles. The Labute approximate surface area is 224 Å². The van der Waals surface area contributed by atoms with Gasteiger partial charge in [-0.25, -0.2) is 0 Å².